The number of rotatable bonds is 5. The average molecular weight is 226 g/mol. The van der Waals surface area contributed by atoms with Crippen LogP contribution in [0, 0.1) is 0 Å². The van der Waals surface area contributed by atoms with Crippen LogP contribution in [-0.4, -0.2) is 46.7 Å². The summed E-state index contributed by atoms with van der Waals surface area (Å²) in [4.78, 5) is 13.5. The van der Waals surface area contributed by atoms with Gasteiger partial charge in [-0.2, -0.15) is 0 Å². The van der Waals surface area contributed by atoms with E-state index in [9.17, 15) is 4.79 Å². The molecule has 0 aromatic carbocycles. The summed E-state index contributed by atoms with van der Waals surface area (Å²) in [6.45, 7) is 6.02. The fourth-order valence-electron chi connectivity index (χ4n) is 3.13. The number of carboxylic acids is 1. The van der Waals surface area contributed by atoms with E-state index in [1.54, 1.807) is 0 Å². The Balaban J connectivity index is 2.05. The number of hydrogen-bond donors (Lipinski definition) is 2. The van der Waals surface area contributed by atoms with Crippen molar-refractivity contribution >= 4 is 5.97 Å². The summed E-state index contributed by atoms with van der Waals surface area (Å²) in [5.41, 5.74) is -0.192. The van der Waals surface area contributed by atoms with Crippen LogP contribution >= 0.6 is 0 Å². The topological polar surface area (TPSA) is 52.6 Å². The Morgan fingerprint density at radius 3 is 2.75 bits per heavy atom. The van der Waals surface area contributed by atoms with Crippen molar-refractivity contribution in [2.24, 2.45) is 0 Å². The van der Waals surface area contributed by atoms with E-state index in [-0.39, 0.29) is 12.0 Å². The van der Waals surface area contributed by atoms with Crippen molar-refractivity contribution in [3.63, 3.8) is 0 Å². The van der Waals surface area contributed by atoms with Crippen LogP contribution in [0.5, 0.6) is 0 Å². The lowest BCUT2D eigenvalue weighted by Crippen LogP contribution is -2.49. The first-order chi connectivity index (χ1) is 7.56. The summed E-state index contributed by atoms with van der Waals surface area (Å²) in [5.74, 6) is -0.689. The molecule has 1 saturated heterocycles. The second kappa shape index (κ2) is 4.34. The Kier molecular flexibility index (Phi) is 3.22. The number of carbonyl (C=O) groups is 1. The third-order valence-corrected chi connectivity index (χ3v) is 3.79. The first kappa shape index (κ1) is 11.9. The average Bonchev–Trinajstić information content (AvgIpc) is 2.92. The molecule has 16 heavy (non-hydrogen) atoms. The minimum absolute atomic E-state index is 0.192. The van der Waals surface area contributed by atoms with E-state index in [1.165, 1.54) is 12.8 Å². The second-order valence-electron chi connectivity index (χ2n) is 5.34. The number of likely N-dealkylation sites (N-methyl/N-ethyl adjacent to an activating group) is 1. The van der Waals surface area contributed by atoms with Crippen molar-refractivity contribution in [3.8, 4) is 0 Å². The smallest absolute Gasteiger partial charge is 0.305 e. The summed E-state index contributed by atoms with van der Waals surface area (Å²) in [5, 5.41) is 12.4. The number of carboxylic acid groups (broad SMARTS) is 1. The molecule has 92 valence electrons. The van der Waals surface area contributed by atoms with Crippen molar-refractivity contribution in [1.29, 1.82) is 0 Å². The van der Waals surface area contributed by atoms with Crippen LogP contribution in [0.3, 0.4) is 0 Å². The number of nitrogens with one attached hydrogen (secondary N) is 1. The van der Waals surface area contributed by atoms with Crippen LogP contribution in [0.4, 0.5) is 0 Å². The summed E-state index contributed by atoms with van der Waals surface area (Å²) >= 11 is 0. The summed E-state index contributed by atoms with van der Waals surface area (Å²) in [6, 6.07) is 1.25. The molecule has 1 aliphatic heterocycles. The Morgan fingerprint density at radius 1 is 1.56 bits per heavy atom. The van der Waals surface area contributed by atoms with Gasteiger partial charge in [-0.05, 0) is 32.7 Å². The Morgan fingerprint density at radius 2 is 2.25 bits per heavy atom. The first-order valence-electron chi connectivity index (χ1n) is 6.29. The highest BCUT2D eigenvalue weighted by Crippen LogP contribution is 2.38. The third kappa shape index (κ3) is 2.38. The molecule has 1 aliphatic carbocycles. The summed E-state index contributed by atoms with van der Waals surface area (Å²) in [7, 11) is 0. The number of likely N-dealkylation sites (tertiary alicyclic amines) is 1. The summed E-state index contributed by atoms with van der Waals surface area (Å²) < 4.78 is 0. The molecule has 2 atom stereocenters. The van der Waals surface area contributed by atoms with Gasteiger partial charge in [0.1, 0.15) is 0 Å². The summed E-state index contributed by atoms with van der Waals surface area (Å²) in [6.07, 6.45) is 3.79. The van der Waals surface area contributed by atoms with Gasteiger partial charge < -0.3 is 10.4 Å². The van der Waals surface area contributed by atoms with Gasteiger partial charge in [-0.1, -0.05) is 6.92 Å². The molecular formula is C12H22N2O2. The maximum absolute atomic E-state index is 11.0. The SMILES string of the molecule is CCNC1(CC(=O)O)CC(C)N(C2CC2)C1. The van der Waals surface area contributed by atoms with Gasteiger partial charge in [0.05, 0.1) is 6.42 Å². The van der Waals surface area contributed by atoms with Gasteiger partial charge >= 0.3 is 5.97 Å². The first-order valence-corrected chi connectivity index (χ1v) is 6.29. The number of hydrogen-bond acceptors (Lipinski definition) is 3. The molecule has 2 N–H and O–H groups in total. The van der Waals surface area contributed by atoms with Crippen LogP contribution < -0.4 is 5.32 Å². The minimum Gasteiger partial charge on any atom is -0.481 e. The van der Waals surface area contributed by atoms with E-state index in [0.717, 1.165) is 25.6 Å². The zero-order chi connectivity index (χ0) is 11.8. The molecule has 0 bridgehead atoms. The highest BCUT2D eigenvalue weighted by Gasteiger charge is 2.47. The zero-order valence-corrected chi connectivity index (χ0v) is 10.2. The highest BCUT2D eigenvalue weighted by molar-refractivity contribution is 5.68. The molecule has 2 aliphatic rings. The molecule has 4 heteroatoms. The lowest BCUT2D eigenvalue weighted by atomic mass is 9.92. The molecule has 4 nitrogen and oxygen atoms in total. The Labute approximate surface area is 97.0 Å². The molecular weight excluding hydrogens is 204 g/mol. The van der Waals surface area contributed by atoms with E-state index in [4.69, 9.17) is 5.11 Å². The van der Waals surface area contributed by atoms with Crippen molar-refractivity contribution < 1.29 is 9.90 Å². The standard InChI is InChI=1S/C12H22N2O2/c1-3-13-12(7-11(15)16)6-9(2)14(8-12)10-4-5-10/h9-10,13H,3-8H2,1-2H3,(H,15,16). The normalized spacial score (nSPS) is 35.5. The van der Waals surface area contributed by atoms with E-state index >= 15 is 0 Å². The Bertz CT molecular complexity index is 278. The van der Waals surface area contributed by atoms with E-state index in [2.05, 4.69) is 17.1 Å². The van der Waals surface area contributed by atoms with Gasteiger partial charge in [-0.15, -0.1) is 0 Å². The van der Waals surface area contributed by atoms with Crippen LogP contribution in [0.15, 0.2) is 0 Å². The third-order valence-electron chi connectivity index (χ3n) is 3.79. The molecule has 0 amide bonds. The van der Waals surface area contributed by atoms with Crippen molar-refractivity contribution in [2.45, 2.75) is 57.2 Å². The number of aliphatic carboxylic acids is 1. The molecule has 2 rings (SSSR count). The predicted molar refractivity (Wildman–Crippen MR) is 62.5 cm³/mol. The van der Waals surface area contributed by atoms with E-state index < -0.39 is 5.97 Å². The Hall–Kier alpha value is -0.610. The van der Waals surface area contributed by atoms with Crippen LogP contribution in [0.2, 0.25) is 0 Å². The molecule has 0 spiro atoms. The fraction of sp³-hybridized carbons (Fsp3) is 0.917. The van der Waals surface area contributed by atoms with Crippen molar-refractivity contribution in [2.75, 3.05) is 13.1 Å². The second-order valence-corrected chi connectivity index (χ2v) is 5.34. The van der Waals surface area contributed by atoms with Gasteiger partial charge in [0.2, 0.25) is 0 Å². The zero-order valence-electron chi connectivity index (χ0n) is 10.2. The highest BCUT2D eigenvalue weighted by atomic mass is 16.4. The van der Waals surface area contributed by atoms with E-state index in [0.29, 0.717) is 6.04 Å². The van der Waals surface area contributed by atoms with Gasteiger partial charge in [-0.3, -0.25) is 9.69 Å². The van der Waals surface area contributed by atoms with Gasteiger partial charge in [0, 0.05) is 24.2 Å². The molecule has 0 aromatic rings. The van der Waals surface area contributed by atoms with Gasteiger partial charge in [-0.25, -0.2) is 0 Å². The maximum Gasteiger partial charge on any atom is 0.305 e. The van der Waals surface area contributed by atoms with Crippen molar-refractivity contribution in [1.82, 2.24) is 10.2 Å². The lowest BCUT2D eigenvalue weighted by molar-refractivity contribution is -0.138. The van der Waals surface area contributed by atoms with Crippen molar-refractivity contribution in [3.05, 3.63) is 0 Å². The predicted octanol–water partition coefficient (Wildman–Crippen LogP) is 1.07. The monoisotopic (exact) mass is 226 g/mol. The van der Waals surface area contributed by atoms with Gasteiger partial charge in [0.25, 0.3) is 0 Å². The maximum atomic E-state index is 11.0. The molecule has 2 fully saturated rings. The molecule has 0 radical (unpaired) electrons. The molecule has 1 saturated carbocycles. The van der Waals surface area contributed by atoms with Crippen LogP contribution in [0.1, 0.15) is 39.5 Å². The quantitative estimate of drug-likeness (QED) is 0.736. The van der Waals surface area contributed by atoms with E-state index in [1.807, 2.05) is 6.92 Å². The largest absolute Gasteiger partial charge is 0.481 e. The minimum atomic E-state index is -0.689. The molecule has 2 unspecified atom stereocenters. The van der Waals surface area contributed by atoms with Crippen LogP contribution in [0.25, 0.3) is 0 Å². The fourth-order valence-corrected chi connectivity index (χ4v) is 3.13. The number of nitrogens with zero attached hydrogens (tertiary/aromatic N) is 1. The molecule has 0 aromatic heterocycles. The van der Waals surface area contributed by atoms with Gasteiger partial charge in [0.15, 0.2) is 0 Å². The lowest BCUT2D eigenvalue weighted by Gasteiger charge is -2.28. The molecule has 1 heterocycles. The van der Waals surface area contributed by atoms with Crippen LogP contribution in [-0.2, 0) is 4.79 Å².